The van der Waals surface area contributed by atoms with E-state index in [0.717, 1.165) is 17.1 Å². The van der Waals surface area contributed by atoms with Crippen LogP contribution in [0.25, 0.3) is 11.5 Å². The van der Waals surface area contributed by atoms with Crippen LogP contribution >= 0.6 is 0 Å². The van der Waals surface area contributed by atoms with Gasteiger partial charge in [0.1, 0.15) is 17.5 Å². The summed E-state index contributed by atoms with van der Waals surface area (Å²) >= 11 is 0. The molecule has 0 radical (unpaired) electrons. The standard InChI is InChI=1S/C27H28N4O7/c1-15-19(28-26(38-15)17-10-23(33-2)25(35-4)24(11-17)34-3)13-30-7-8-31-20(27(30)32)12-18(29-31)16-5-6-21-22(9-16)37-14-36-21/h5-11,18,20,29H,12-14H2,1-4H3. The van der Waals surface area contributed by atoms with E-state index in [9.17, 15) is 4.79 Å². The van der Waals surface area contributed by atoms with Gasteiger partial charge in [0.25, 0.3) is 5.91 Å². The quantitative estimate of drug-likeness (QED) is 0.497. The number of methoxy groups -OCH3 is 3. The number of aromatic nitrogens is 1. The molecule has 11 heteroatoms. The minimum atomic E-state index is -0.336. The Kier molecular flexibility index (Phi) is 5.99. The highest BCUT2D eigenvalue weighted by Crippen LogP contribution is 2.42. The van der Waals surface area contributed by atoms with Crippen molar-refractivity contribution < 1.29 is 32.9 Å². The number of carbonyl (C=O) groups excluding carboxylic acids is 1. The Morgan fingerprint density at radius 3 is 2.53 bits per heavy atom. The van der Waals surface area contributed by atoms with Gasteiger partial charge in [-0.05, 0) is 43.2 Å². The van der Waals surface area contributed by atoms with Crippen LogP contribution in [0, 0.1) is 6.92 Å². The first-order valence-electron chi connectivity index (χ1n) is 12.2. The van der Waals surface area contributed by atoms with Crippen LogP contribution in [0.2, 0.25) is 0 Å². The van der Waals surface area contributed by atoms with Gasteiger partial charge < -0.3 is 38.0 Å². The average Bonchev–Trinajstić information content (AvgIpc) is 3.67. The lowest BCUT2D eigenvalue weighted by Crippen LogP contribution is -2.47. The minimum Gasteiger partial charge on any atom is -0.493 e. The summed E-state index contributed by atoms with van der Waals surface area (Å²) < 4.78 is 33.2. The van der Waals surface area contributed by atoms with Gasteiger partial charge >= 0.3 is 0 Å². The Hall–Kier alpha value is -4.38. The number of hydrogen-bond donors (Lipinski definition) is 1. The lowest BCUT2D eigenvalue weighted by Gasteiger charge is -2.31. The van der Waals surface area contributed by atoms with E-state index in [1.807, 2.05) is 36.3 Å². The second kappa shape index (κ2) is 9.49. The molecule has 11 nitrogen and oxygen atoms in total. The molecule has 0 bridgehead atoms. The lowest BCUT2D eigenvalue weighted by molar-refractivity contribution is -0.135. The molecule has 1 amide bonds. The number of fused-ring (bicyclic) bond motifs is 2. The summed E-state index contributed by atoms with van der Waals surface area (Å²) in [5.41, 5.74) is 5.80. The van der Waals surface area contributed by atoms with Crippen LogP contribution < -0.4 is 29.1 Å². The highest BCUT2D eigenvalue weighted by atomic mass is 16.7. The zero-order valence-electron chi connectivity index (χ0n) is 21.5. The van der Waals surface area contributed by atoms with Gasteiger partial charge in [0.05, 0.1) is 33.9 Å². The molecule has 0 aliphatic carbocycles. The molecule has 6 rings (SSSR count). The van der Waals surface area contributed by atoms with Crippen LogP contribution in [0.3, 0.4) is 0 Å². The SMILES string of the molecule is COc1cc(-c2nc(CN3C=CN4NC(c5ccc6c(c5)OCO6)CC4C3=O)c(C)o2)cc(OC)c1OC. The third kappa shape index (κ3) is 4.04. The van der Waals surface area contributed by atoms with Gasteiger partial charge in [-0.2, -0.15) is 0 Å². The number of amides is 1. The van der Waals surface area contributed by atoms with Crippen molar-refractivity contribution in [2.24, 2.45) is 0 Å². The molecule has 2 unspecified atom stereocenters. The summed E-state index contributed by atoms with van der Waals surface area (Å²) in [7, 11) is 4.66. The highest BCUT2D eigenvalue weighted by Gasteiger charge is 2.40. The van der Waals surface area contributed by atoms with Gasteiger partial charge in [-0.25, -0.2) is 10.4 Å². The molecule has 1 fully saturated rings. The summed E-state index contributed by atoms with van der Waals surface area (Å²) in [6.07, 6.45) is 4.27. The van der Waals surface area contributed by atoms with Crippen LogP contribution in [0.1, 0.15) is 29.5 Å². The first-order valence-corrected chi connectivity index (χ1v) is 12.2. The van der Waals surface area contributed by atoms with Crippen LogP contribution in [0.4, 0.5) is 0 Å². The van der Waals surface area contributed by atoms with Gasteiger partial charge in [-0.1, -0.05) is 6.07 Å². The molecular weight excluding hydrogens is 492 g/mol. The molecule has 38 heavy (non-hydrogen) atoms. The Labute approximate surface area is 219 Å². The van der Waals surface area contributed by atoms with E-state index in [0.29, 0.717) is 46.6 Å². The second-order valence-electron chi connectivity index (χ2n) is 9.15. The fourth-order valence-electron chi connectivity index (χ4n) is 4.98. The fraction of sp³-hybridized carbons (Fsp3) is 0.333. The van der Waals surface area contributed by atoms with E-state index in [-0.39, 0.29) is 31.3 Å². The normalized spacial score (nSPS) is 19.6. The largest absolute Gasteiger partial charge is 0.493 e. The fourth-order valence-corrected chi connectivity index (χ4v) is 4.98. The van der Waals surface area contributed by atoms with Gasteiger partial charge in [-0.3, -0.25) is 4.79 Å². The summed E-state index contributed by atoms with van der Waals surface area (Å²) in [5.74, 6) is 3.96. The molecular formula is C27H28N4O7. The molecule has 1 saturated heterocycles. The number of carbonyl (C=O) groups is 1. The van der Waals surface area contributed by atoms with Crippen LogP contribution in [0.15, 0.2) is 47.1 Å². The van der Waals surface area contributed by atoms with Crippen LogP contribution in [-0.4, -0.2) is 55.0 Å². The van der Waals surface area contributed by atoms with Gasteiger partial charge in [0.15, 0.2) is 23.0 Å². The lowest BCUT2D eigenvalue weighted by atomic mass is 10.0. The number of rotatable bonds is 7. The Morgan fingerprint density at radius 2 is 1.79 bits per heavy atom. The van der Waals surface area contributed by atoms with E-state index in [2.05, 4.69) is 5.43 Å². The van der Waals surface area contributed by atoms with Crippen molar-refractivity contribution in [1.29, 1.82) is 0 Å². The predicted octanol–water partition coefficient (Wildman–Crippen LogP) is 3.54. The van der Waals surface area contributed by atoms with Crippen molar-refractivity contribution in [3.63, 3.8) is 0 Å². The van der Waals surface area contributed by atoms with Crippen molar-refractivity contribution in [1.82, 2.24) is 20.3 Å². The minimum absolute atomic E-state index is 0.0139. The molecule has 1 N–H and O–H groups in total. The van der Waals surface area contributed by atoms with Gasteiger partial charge in [0, 0.05) is 18.0 Å². The molecule has 1 aromatic heterocycles. The molecule has 0 saturated carbocycles. The van der Waals surface area contributed by atoms with Crippen LogP contribution in [0.5, 0.6) is 28.7 Å². The number of hydrogen-bond acceptors (Lipinski definition) is 10. The van der Waals surface area contributed by atoms with E-state index >= 15 is 0 Å². The topological polar surface area (TPSA) is 108 Å². The number of aryl methyl sites for hydroxylation is 1. The van der Waals surface area contributed by atoms with Gasteiger partial charge in [-0.15, -0.1) is 0 Å². The molecule has 4 heterocycles. The zero-order chi connectivity index (χ0) is 26.4. The third-order valence-corrected chi connectivity index (χ3v) is 7.00. The van der Waals surface area contributed by atoms with Crippen molar-refractivity contribution >= 4 is 5.91 Å². The maximum absolute atomic E-state index is 13.4. The Bertz CT molecular complexity index is 1390. The average molecular weight is 521 g/mol. The highest BCUT2D eigenvalue weighted by molar-refractivity contribution is 5.84. The molecule has 2 aromatic carbocycles. The van der Waals surface area contributed by atoms with E-state index in [1.54, 1.807) is 44.6 Å². The number of oxazole rings is 1. The van der Waals surface area contributed by atoms with Crippen molar-refractivity contribution in [2.45, 2.75) is 32.0 Å². The molecule has 3 aliphatic rings. The number of nitrogens with zero attached hydrogens (tertiary/aromatic N) is 3. The number of ether oxygens (including phenoxy) is 5. The maximum Gasteiger partial charge on any atom is 0.251 e. The predicted molar refractivity (Wildman–Crippen MR) is 135 cm³/mol. The number of benzene rings is 2. The van der Waals surface area contributed by atoms with Crippen molar-refractivity contribution in [3.8, 4) is 40.2 Å². The van der Waals surface area contributed by atoms with E-state index in [4.69, 9.17) is 33.1 Å². The van der Waals surface area contributed by atoms with E-state index in [1.165, 1.54) is 0 Å². The van der Waals surface area contributed by atoms with Crippen LogP contribution in [-0.2, 0) is 11.3 Å². The number of hydrazine groups is 1. The molecule has 0 spiro atoms. The summed E-state index contributed by atoms with van der Waals surface area (Å²) in [6, 6.07) is 9.06. The summed E-state index contributed by atoms with van der Waals surface area (Å²) in [6.45, 7) is 2.35. The Balaban J connectivity index is 1.19. The second-order valence-corrected chi connectivity index (χ2v) is 9.15. The number of nitrogens with one attached hydrogen (secondary N) is 1. The summed E-state index contributed by atoms with van der Waals surface area (Å²) in [4.78, 5) is 19.8. The third-order valence-electron chi connectivity index (χ3n) is 7.00. The smallest absolute Gasteiger partial charge is 0.251 e. The first-order chi connectivity index (χ1) is 18.5. The van der Waals surface area contributed by atoms with Crippen molar-refractivity contribution in [2.75, 3.05) is 28.1 Å². The van der Waals surface area contributed by atoms with Crippen molar-refractivity contribution in [3.05, 3.63) is 59.7 Å². The molecule has 3 aromatic rings. The maximum atomic E-state index is 13.4. The molecule has 3 aliphatic heterocycles. The zero-order valence-corrected chi connectivity index (χ0v) is 21.5. The van der Waals surface area contributed by atoms with E-state index < -0.39 is 0 Å². The summed E-state index contributed by atoms with van der Waals surface area (Å²) in [5, 5.41) is 1.87. The Morgan fingerprint density at radius 1 is 1.03 bits per heavy atom. The molecule has 198 valence electrons. The monoisotopic (exact) mass is 520 g/mol. The van der Waals surface area contributed by atoms with Gasteiger partial charge in [0.2, 0.25) is 18.4 Å². The first kappa shape index (κ1) is 24.0. The molecule has 2 atom stereocenters.